The zero-order valence-corrected chi connectivity index (χ0v) is 7.48. The molecule has 0 aromatic heterocycles. The van der Waals surface area contributed by atoms with Gasteiger partial charge in [0.25, 0.3) is 0 Å². The number of rotatable bonds is 0. The first kappa shape index (κ1) is 8.03. The molecule has 0 bridgehead atoms. The van der Waals surface area contributed by atoms with Crippen LogP contribution in [-0.4, -0.2) is 54.3 Å². The fourth-order valence-corrected chi connectivity index (χ4v) is 1.58. The van der Waals surface area contributed by atoms with E-state index in [1.165, 1.54) is 9.80 Å². The fraction of sp³-hybridized carbons (Fsp3) is 0.571. The quantitative estimate of drug-likeness (QED) is 0.518. The number of nitrogens with zero attached hydrogens (tertiary/aromatic N) is 3. The summed E-state index contributed by atoms with van der Waals surface area (Å²) in [5.41, 5.74) is 0. The van der Waals surface area contributed by atoms with Crippen LogP contribution in [0.1, 0.15) is 0 Å². The Labute approximate surface area is 75.7 Å². The number of carbonyl (C=O) groups is 1. The molecule has 6 heteroatoms. The summed E-state index contributed by atoms with van der Waals surface area (Å²) < 4.78 is 0. The number of amidine groups is 1. The average Bonchev–Trinajstić information content (AvgIpc) is 2.59. The first-order chi connectivity index (χ1) is 6.13. The minimum absolute atomic E-state index is 0.187. The lowest BCUT2D eigenvalue weighted by Gasteiger charge is -2.38. The summed E-state index contributed by atoms with van der Waals surface area (Å²) in [5.74, 6) is 0.269. The van der Waals surface area contributed by atoms with Gasteiger partial charge in [-0.2, -0.15) is 0 Å². The predicted molar refractivity (Wildman–Crippen MR) is 47.9 cm³/mol. The first-order valence-corrected chi connectivity index (χ1v) is 3.99. The smallest absolute Gasteiger partial charge is 0.326 e. The third-order valence-electron chi connectivity index (χ3n) is 2.42. The highest BCUT2D eigenvalue weighted by Crippen LogP contribution is 2.18. The maximum absolute atomic E-state index is 11.5. The second kappa shape index (κ2) is 2.45. The minimum atomic E-state index is -0.254. The Morgan fingerprint density at radius 2 is 2.31 bits per heavy atom. The molecule has 2 unspecified atom stereocenters. The molecule has 2 N–H and O–H groups in total. The maximum atomic E-state index is 11.5. The van der Waals surface area contributed by atoms with Crippen molar-refractivity contribution in [2.45, 2.75) is 12.2 Å². The first-order valence-electron chi connectivity index (χ1n) is 3.99. The molecule has 2 amide bonds. The van der Waals surface area contributed by atoms with Crippen LogP contribution in [0.25, 0.3) is 0 Å². The molecule has 70 valence electrons. The van der Waals surface area contributed by atoms with Gasteiger partial charge in [0.05, 0.1) is 6.34 Å². The van der Waals surface area contributed by atoms with E-state index in [4.69, 9.17) is 5.41 Å². The molecule has 0 spiro atoms. The molecule has 0 aliphatic carbocycles. The van der Waals surface area contributed by atoms with Crippen molar-refractivity contribution >= 4 is 18.2 Å². The predicted octanol–water partition coefficient (Wildman–Crippen LogP) is -0.713. The summed E-state index contributed by atoms with van der Waals surface area (Å²) in [6, 6.07) is -0.375. The number of nitrogens with one attached hydrogen (secondary N) is 2. The number of hydrogen-bond donors (Lipinski definition) is 2. The van der Waals surface area contributed by atoms with Crippen LogP contribution in [0.2, 0.25) is 0 Å². The van der Waals surface area contributed by atoms with Crippen LogP contribution in [0.3, 0.4) is 0 Å². The van der Waals surface area contributed by atoms with Crippen LogP contribution in [0.5, 0.6) is 0 Å². The van der Waals surface area contributed by atoms with E-state index in [1.54, 1.807) is 20.4 Å². The van der Waals surface area contributed by atoms with E-state index >= 15 is 0 Å². The van der Waals surface area contributed by atoms with E-state index in [2.05, 4.69) is 10.3 Å². The lowest BCUT2D eigenvalue weighted by atomic mass is 10.1. The summed E-state index contributed by atoms with van der Waals surface area (Å²) >= 11 is 0. The number of fused-ring (bicyclic) bond motifs is 1. The van der Waals surface area contributed by atoms with Gasteiger partial charge < -0.3 is 10.2 Å². The third kappa shape index (κ3) is 0.912. The van der Waals surface area contributed by atoms with Crippen molar-refractivity contribution in [3.63, 3.8) is 0 Å². The second-order valence-electron chi connectivity index (χ2n) is 3.17. The Morgan fingerprint density at radius 1 is 1.62 bits per heavy atom. The molecule has 2 aliphatic heterocycles. The number of urea groups is 1. The van der Waals surface area contributed by atoms with Gasteiger partial charge in [0.15, 0.2) is 6.17 Å². The van der Waals surface area contributed by atoms with Crippen molar-refractivity contribution in [2.24, 2.45) is 4.99 Å². The van der Waals surface area contributed by atoms with E-state index < -0.39 is 0 Å². The normalized spacial score (nSPS) is 32.2. The summed E-state index contributed by atoms with van der Waals surface area (Å²) in [5, 5.41) is 10.6. The molecule has 1 saturated heterocycles. The topological polar surface area (TPSA) is 71.8 Å². The van der Waals surface area contributed by atoms with Gasteiger partial charge in [-0.3, -0.25) is 10.3 Å². The van der Waals surface area contributed by atoms with Gasteiger partial charge in [-0.25, -0.2) is 9.79 Å². The molecular formula is C7H11N5O. The standard InChI is InChI=1S/C7H11N5O/c1-11-5(8)4-6(10-3-9-4)12(2)7(11)13/h3-4,6,8H,1-2H3,(H,9,10). The number of carbonyl (C=O) groups excluding carboxylic acids is 1. The molecule has 0 radical (unpaired) electrons. The third-order valence-corrected chi connectivity index (χ3v) is 2.42. The summed E-state index contributed by atoms with van der Waals surface area (Å²) in [4.78, 5) is 18.4. The molecule has 1 fully saturated rings. The number of hydrogen-bond acceptors (Lipinski definition) is 4. The van der Waals surface area contributed by atoms with Crippen molar-refractivity contribution in [1.29, 1.82) is 5.41 Å². The largest absolute Gasteiger partial charge is 0.363 e. The molecule has 0 aromatic carbocycles. The molecule has 0 saturated carbocycles. The van der Waals surface area contributed by atoms with Gasteiger partial charge in [-0.1, -0.05) is 0 Å². The van der Waals surface area contributed by atoms with E-state index in [-0.39, 0.29) is 24.1 Å². The Kier molecular flexibility index (Phi) is 1.51. The fourth-order valence-electron chi connectivity index (χ4n) is 1.58. The van der Waals surface area contributed by atoms with E-state index in [1.807, 2.05) is 0 Å². The monoisotopic (exact) mass is 181 g/mol. The van der Waals surface area contributed by atoms with Gasteiger partial charge in [0.2, 0.25) is 0 Å². The van der Waals surface area contributed by atoms with Crippen LogP contribution in [0.15, 0.2) is 4.99 Å². The molecule has 6 nitrogen and oxygen atoms in total. The zero-order chi connectivity index (χ0) is 9.59. The second-order valence-corrected chi connectivity index (χ2v) is 3.17. The molecular weight excluding hydrogens is 170 g/mol. The van der Waals surface area contributed by atoms with Gasteiger partial charge >= 0.3 is 6.03 Å². The highest BCUT2D eigenvalue weighted by Gasteiger charge is 2.42. The van der Waals surface area contributed by atoms with E-state index in [9.17, 15) is 4.79 Å². The highest BCUT2D eigenvalue weighted by molar-refractivity contribution is 6.03. The molecule has 0 aromatic rings. The van der Waals surface area contributed by atoms with Crippen LogP contribution in [0, 0.1) is 5.41 Å². The summed E-state index contributed by atoms with van der Waals surface area (Å²) in [6.07, 6.45) is 1.29. The van der Waals surface area contributed by atoms with Gasteiger partial charge in [-0.15, -0.1) is 0 Å². The highest BCUT2D eigenvalue weighted by atomic mass is 16.2. The number of amides is 2. The minimum Gasteiger partial charge on any atom is -0.363 e. The Morgan fingerprint density at radius 3 is 3.00 bits per heavy atom. The molecule has 2 aliphatic rings. The lowest BCUT2D eigenvalue weighted by Crippen LogP contribution is -2.62. The average molecular weight is 181 g/mol. The molecule has 2 atom stereocenters. The Hall–Kier alpha value is -1.59. The van der Waals surface area contributed by atoms with Crippen LogP contribution in [0.4, 0.5) is 4.79 Å². The Balaban J connectivity index is 2.32. The molecule has 2 rings (SSSR count). The van der Waals surface area contributed by atoms with Crippen LogP contribution < -0.4 is 5.32 Å². The van der Waals surface area contributed by atoms with E-state index in [0.29, 0.717) is 0 Å². The van der Waals surface area contributed by atoms with Crippen molar-refractivity contribution < 1.29 is 4.79 Å². The summed E-state index contributed by atoms with van der Waals surface area (Å²) in [7, 11) is 3.28. The van der Waals surface area contributed by atoms with Crippen LogP contribution >= 0.6 is 0 Å². The van der Waals surface area contributed by atoms with Crippen molar-refractivity contribution in [3.05, 3.63) is 0 Å². The zero-order valence-electron chi connectivity index (χ0n) is 7.48. The maximum Gasteiger partial charge on any atom is 0.326 e. The Bertz CT molecular complexity index is 299. The summed E-state index contributed by atoms with van der Waals surface area (Å²) in [6.45, 7) is 0. The number of likely N-dealkylation sites (N-methyl/N-ethyl adjacent to an activating group) is 2. The van der Waals surface area contributed by atoms with Gasteiger partial charge in [0, 0.05) is 14.1 Å². The van der Waals surface area contributed by atoms with Crippen molar-refractivity contribution in [1.82, 2.24) is 15.1 Å². The number of aliphatic imine (C=N–C) groups is 1. The molecule has 13 heavy (non-hydrogen) atoms. The molecule has 2 heterocycles. The lowest BCUT2D eigenvalue weighted by molar-refractivity contribution is 0.158. The SMILES string of the molecule is CN1C(=N)C2NC=NC2N(C)C1=O. The van der Waals surface area contributed by atoms with E-state index in [0.717, 1.165) is 0 Å². The van der Waals surface area contributed by atoms with Crippen LogP contribution in [-0.2, 0) is 0 Å². The van der Waals surface area contributed by atoms with Gasteiger partial charge in [-0.05, 0) is 0 Å². The van der Waals surface area contributed by atoms with Gasteiger partial charge in [0.1, 0.15) is 11.9 Å². The van der Waals surface area contributed by atoms with Crippen molar-refractivity contribution in [3.8, 4) is 0 Å². The van der Waals surface area contributed by atoms with Crippen molar-refractivity contribution in [2.75, 3.05) is 14.1 Å².